The van der Waals surface area contributed by atoms with Crippen LogP contribution < -0.4 is 11.1 Å². The van der Waals surface area contributed by atoms with Crippen molar-refractivity contribution < 1.29 is 0 Å². The van der Waals surface area contributed by atoms with Gasteiger partial charge in [-0.05, 0) is 44.6 Å². The Labute approximate surface area is 85.5 Å². The quantitative estimate of drug-likeness (QED) is 0.616. The summed E-state index contributed by atoms with van der Waals surface area (Å²) >= 11 is 0. The largest absolute Gasteiger partial charge is 0.370 e. The highest BCUT2D eigenvalue weighted by atomic mass is 15.1. The summed E-state index contributed by atoms with van der Waals surface area (Å²) in [5.41, 5.74) is 8.44. The van der Waals surface area contributed by atoms with Gasteiger partial charge in [0.2, 0.25) is 0 Å². The van der Waals surface area contributed by atoms with Crippen LogP contribution in [0.1, 0.15) is 40.0 Å². The van der Waals surface area contributed by atoms with Crippen molar-refractivity contribution in [2.45, 2.75) is 45.6 Å². The predicted molar refractivity (Wildman–Crippen MR) is 58.9 cm³/mol. The molecule has 1 atom stereocenters. The molecule has 14 heavy (non-hydrogen) atoms. The maximum Gasteiger partial charge on any atom is 0.193 e. The van der Waals surface area contributed by atoms with Gasteiger partial charge in [-0.2, -0.15) is 0 Å². The van der Waals surface area contributed by atoms with Crippen LogP contribution in [-0.2, 0) is 0 Å². The fourth-order valence-electron chi connectivity index (χ4n) is 2.47. The van der Waals surface area contributed by atoms with Crippen molar-refractivity contribution in [2.24, 2.45) is 16.6 Å². The summed E-state index contributed by atoms with van der Waals surface area (Å²) < 4.78 is 0. The van der Waals surface area contributed by atoms with E-state index in [1.165, 1.54) is 17.7 Å². The maximum atomic E-state index is 5.77. The molecule has 0 fully saturated rings. The summed E-state index contributed by atoms with van der Waals surface area (Å²) in [6.45, 7) is 6.58. The van der Waals surface area contributed by atoms with Crippen LogP contribution in [0.25, 0.3) is 0 Å². The summed E-state index contributed by atoms with van der Waals surface area (Å²) in [4.78, 5) is 4.45. The Kier molecular flexibility index (Phi) is 2.05. The molecule has 0 aromatic rings. The smallest absolute Gasteiger partial charge is 0.193 e. The van der Waals surface area contributed by atoms with E-state index < -0.39 is 0 Å². The molecular weight excluding hydrogens is 174 g/mol. The summed E-state index contributed by atoms with van der Waals surface area (Å²) in [7, 11) is 0. The third-order valence-electron chi connectivity index (χ3n) is 3.22. The van der Waals surface area contributed by atoms with Gasteiger partial charge in [0.25, 0.3) is 0 Å². The van der Waals surface area contributed by atoms with E-state index >= 15 is 0 Å². The lowest BCUT2D eigenvalue weighted by Crippen LogP contribution is -2.43. The molecule has 1 aliphatic carbocycles. The van der Waals surface area contributed by atoms with Gasteiger partial charge in [0.05, 0.1) is 5.54 Å². The van der Waals surface area contributed by atoms with Crippen LogP contribution in [0.5, 0.6) is 0 Å². The first kappa shape index (κ1) is 9.56. The SMILES string of the molecule is C[C@@H]1CCC2=C(C1)NC(N)=NC2(C)C. The summed E-state index contributed by atoms with van der Waals surface area (Å²) in [6, 6.07) is 0. The maximum absolute atomic E-state index is 5.77. The molecular formula is C11H19N3. The lowest BCUT2D eigenvalue weighted by molar-refractivity contribution is 0.432. The highest BCUT2D eigenvalue weighted by molar-refractivity contribution is 5.82. The molecule has 2 rings (SSSR count). The van der Waals surface area contributed by atoms with E-state index in [1.54, 1.807) is 0 Å². The number of nitrogens with one attached hydrogen (secondary N) is 1. The number of hydrogen-bond donors (Lipinski definition) is 2. The Morgan fingerprint density at radius 1 is 1.50 bits per heavy atom. The zero-order chi connectivity index (χ0) is 10.3. The molecule has 0 aromatic heterocycles. The van der Waals surface area contributed by atoms with E-state index in [-0.39, 0.29) is 5.54 Å². The standard InChI is InChI=1S/C11H19N3/c1-7-4-5-8-9(6-7)13-10(12)14-11(8,2)3/h7H,4-6H2,1-3H3,(H3,12,13,14)/t7-/m1/s1. The predicted octanol–water partition coefficient (Wildman–Crippen LogP) is 1.76. The molecule has 0 unspecified atom stereocenters. The fraction of sp³-hybridized carbons (Fsp3) is 0.727. The monoisotopic (exact) mass is 193 g/mol. The fourth-order valence-corrected chi connectivity index (χ4v) is 2.47. The van der Waals surface area contributed by atoms with Crippen molar-refractivity contribution in [3.8, 4) is 0 Å². The van der Waals surface area contributed by atoms with Gasteiger partial charge in [-0.25, -0.2) is 4.99 Å². The lowest BCUT2D eigenvalue weighted by atomic mass is 9.79. The Hall–Kier alpha value is -0.990. The van der Waals surface area contributed by atoms with Gasteiger partial charge in [0, 0.05) is 5.70 Å². The Bertz CT molecular complexity index is 312. The molecule has 0 aromatic carbocycles. The molecule has 1 heterocycles. The first-order valence-electron chi connectivity index (χ1n) is 5.34. The van der Waals surface area contributed by atoms with Crippen LogP contribution in [0.2, 0.25) is 0 Å². The molecule has 0 radical (unpaired) electrons. The zero-order valence-corrected chi connectivity index (χ0v) is 9.22. The highest BCUT2D eigenvalue weighted by Crippen LogP contribution is 2.37. The molecule has 0 saturated heterocycles. The molecule has 0 spiro atoms. The molecule has 0 bridgehead atoms. The number of nitrogens with two attached hydrogens (primary N) is 1. The van der Waals surface area contributed by atoms with Crippen LogP contribution >= 0.6 is 0 Å². The third kappa shape index (κ3) is 1.51. The van der Waals surface area contributed by atoms with Gasteiger partial charge in [0.15, 0.2) is 5.96 Å². The number of aliphatic imine (C=N–C) groups is 1. The van der Waals surface area contributed by atoms with Crippen molar-refractivity contribution >= 4 is 5.96 Å². The van der Waals surface area contributed by atoms with Crippen LogP contribution in [0.15, 0.2) is 16.3 Å². The highest BCUT2D eigenvalue weighted by Gasteiger charge is 2.32. The second-order valence-corrected chi connectivity index (χ2v) is 4.99. The van der Waals surface area contributed by atoms with Crippen molar-refractivity contribution in [3.63, 3.8) is 0 Å². The van der Waals surface area contributed by atoms with E-state index in [0.29, 0.717) is 5.96 Å². The van der Waals surface area contributed by atoms with E-state index in [4.69, 9.17) is 5.73 Å². The Morgan fingerprint density at radius 2 is 2.21 bits per heavy atom. The van der Waals surface area contributed by atoms with Gasteiger partial charge < -0.3 is 11.1 Å². The van der Waals surface area contributed by atoms with E-state index in [0.717, 1.165) is 18.8 Å². The zero-order valence-electron chi connectivity index (χ0n) is 9.22. The number of guanidine groups is 1. The molecule has 2 aliphatic rings. The average Bonchev–Trinajstić information content (AvgIpc) is 2.00. The van der Waals surface area contributed by atoms with E-state index in [2.05, 4.69) is 31.1 Å². The first-order chi connectivity index (χ1) is 6.49. The summed E-state index contributed by atoms with van der Waals surface area (Å²) in [5.74, 6) is 1.34. The second-order valence-electron chi connectivity index (χ2n) is 4.99. The van der Waals surface area contributed by atoms with Crippen molar-refractivity contribution in [2.75, 3.05) is 0 Å². The van der Waals surface area contributed by atoms with Crippen molar-refractivity contribution in [1.82, 2.24) is 5.32 Å². The lowest BCUT2D eigenvalue weighted by Gasteiger charge is -2.36. The van der Waals surface area contributed by atoms with Crippen LogP contribution in [0, 0.1) is 5.92 Å². The van der Waals surface area contributed by atoms with Gasteiger partial charge >= 0.3 is 0 Å². The molecule has 3 nitrogen and oxygen atoms in total. The Balaban J connectivity index is 2.33. The number of allylic oxidation sites excluding steroid dienone is 1. The van der Waals surface area contributed by atoms with Gasteiger partial charge in [-0.1, -0.05) is 6.92 Å². The summed E-state index contributed by atoms with van der Waals surface area (Å²) in [5, 5.41) is 3.21. The van der Waals surface area contributed by atoms with Gasteiger partial charge in [-0.3, -0.25) is 0 Å². The van der Waals surface area contributed by atoms with E-state index in [9.17, 15) is 0 Å². The number of rotatable bonds is 0. The first-order valence-corrected chi connectivity index (χ1v) is 5.34. The minimum atomic E-state index is -0.0925. The normalized spacial score (nSPS) is 30.5. The van der Waals surface area contributed by atoms with E-state index in [1.807, 2.05) is 0 Å². The number of hydrogen-bond acceptors (Lipinski definition) is 3. The molecule has 1 aliphatic heterocycles. The van der Waals surface area contributed by atoms with Gasteiger partial charge in [0.1, 0.15) is 0 Å². The minimum Gasteiger partial charge on any atom is -0.370 e. The average molecular weight is 193 g/mol. The van der Waals surface area contributed by atoms with Crippen LogP contribution in [0.3, 0.4) is 0 Å². The third-order valence-corrected chi connectivity index (χ3v) is 3.22. The number of nitrogens with zero attached hydrogens (tertiary/aromatic N) is 1. The molecule has 78 valence electrons. The Morgan fingerprint density at radius 3 is 2.93 bits per heavy atom. The summed E-state index contributed by atoms with van der Waals surface area (Å²) in [6.07, 6.45) is 3.56. The van der Waals surface area contributed by atoms with Crippen molar-refractivity contribution in [3.05, 3.63) is 11.3 Å². The van der Waals surface area contributed by atoms with Gasteiger partial charge in [-0.15, -0.1) is 0 Å². The molecule has 0 saturated carbocycles. The second kappa shape index (κ2) is 3.01. The molecule has 3 heteroatoms. The topological polar surface area (TPSA) is 50.4 Å². The molecule has 3 N–H and O–H groups in total. The van der Waals surface area contributed by atoms with Crippen molar-refractivity contribution in [1.29, 1.82) is 0 Å². The molecule has 0 amide bonds. The minimum absolute atomic E-state index is 0.0925. The van der Waals surface area contributed by atoms with Crippen LogP contribution in [0.4, 0.5) is 0 Å². The van der Waals surface area contributed by atoms with Crippen LogP contribution in [-0.4, -0.2) is 11.5 Å².